The van der Waals surface area contributed by atoms with Gasteiger partial charge in [-0.1, -0.05) is 19.8 Å². The van der Waals surface area contributed by atoms with Gasteiger partial charge in [-0.15, -0.1) is 0 Å². The van der Waals surface area contributed by atoms with Crippen molar-refractivity contribution >= 4 is 5.78 Å². The van der Waals surface area contributed by atoms with Gasteiger partial charge in [-0.05, 0) is 31.7 Å². The van der Waals surface area contributed by atoms with E-state index in [4.69, 9.17) is 5.73 Å². The summed E-state index contributed by atoms with van der Waals surface area (Å²) in [5, 5.41) is 0. The molecule has 0 aromatic heterocycles. The molecule has 1 unspecified atom stereocenters. The summed E-state index contributed by atoms with van der Waals surface area (Å²) < 4.78 is 35.7. The Balaban J connectivity index is 3.73. The highest BCUT2D eigenvalue weighted by Crippen LogP contribution is 2.23. The molecule has 0 saturated heterocycles. The van der Waals surface area contributed by atoms with Crippen molar-refractivity contribution in [2.75, 3.05) is 6.54 Å². The van der Waals surface area contributed by atoms with Crippen LogP contribution < -0.4 is 5.73 Å². The Hall–Kier alpha value is -0.580. The molecule has 2 N–H and O–H groups in total. The average Bonchev–Trinajstić information content (AvgIpc) is 2.25. The molecule has 108 valence electrons. The van der Waals surface area contributed by atoms with Crippen LogP contribution in [0.5, 0.6) is 0 Å². The van der Waals surface area contributed by atoms with E-state index in [9.17, 15) is 18.0 Å². The first-order chi connectivity index (χ1) is 8.39. The van der Waals surface area contributed by atoms with Crippen molar-refractivity contribution in [1.29, 1.82) is 0 Å². The molecule has 0 amide bonds. The SMILES string of the molecule is CCCC(CCN)CCC(=O)CCCC(F)(F)F. The third-order valence-corrected chi connectivity index (χ3v) is 3.02. The summed E-state index contributed by atoms with van der Waals surface area (Å²) in [5.74, 6) is 0.379. The fraction of sp³-hybridized carbons (Fsp3) is 0.923. The smallest absolute Gasteiger partial charge is 0.330 e. The van der Waals surface area contributed by atoms with Gasteiger partial charge in [-0.3, -0.25) is 4.79 Å². The molecule has 0 spiro atoms. The van der Waals surface area contributed by atoms with Gasteiger partial charge < -0.3 is 5.73 Å². The number of hydrogen-bond donors (Lipinski definition) is 1. The number of alkyl halides is 3. The molecular weight excluding hydrogens is 243 g/mol. The molecule has 0 aliphatic heterocycles. The van der Waals surface area contributed by atoms with Gasteiger partial charge >= 0.3 is 6.18 Å². The van der Waals surface area contributed by atoms with Crippen LogP contribution in [0.3, 0.4) is 0 Å². The fourth-order valence-corrected chi connectivity index (χ4v) is 2.05. The number of halogens is 3. The van der Waals surface area contributed by atoms with Gasteiger partial charge in [0.05, 0.1) is 0 Å². The lowest BCUT2D eigenvalue weighted by molar-refractivity contribution is -0.137. The molecule has 5 heteroatoms. The number of nitrogens with two attached hydrogens (primary N) is 1. The highest BCUT2D eigenvalue weighted by molar-refractivity contribution is 5.78. The number of hydrogen-bond acceptors (Lipinski definition) is 2. The van der Waals surface area contributed by atoms with E-state index in [1.54, 1.807) is 0 Å². The second-order valence-electron chi connectivity index (χ2n) is 4.78. The summed E-state index contributed by atoms with van der Waals surface area (Å²) in [6.45, 7) is 2.68. The van der Waals surface area contributed by atoms with Crippen molar-refractivity contribution in [2.24, 2.45) is 11.7 Å². The number of ketones is 1. The normalized spacial score (nSPS) is 13.6. The zero-order valence-electron chi connectivity index (χ0n) is 11.1. The second-order valence-corrected chi connectivity index (χ2v) is 4.78. The lowest BCUT2D eigenvalue weighted by atomic mass is 9.93. The van der Waals surface area contributed by atoms with Crippen LogP contribution in [-0.2, 0) is 4.79 Å². The van der Waals surface area contributed by atoms with Crippen LogP contribution >= 0.6 is 0 Å². The summed E-state index contributed by atoms with van der Waals surface area (Å²) in [4.78, 5) is 11.4. The molecule has 0 aliphatic carbocycles. The standard InChI is InChI=1S/C13H24F3NO/c1-2-4-11(8-10-17)6-7-12(18)5-3-9-13(14,15)16/h11H,2-10,17H2,1H3. The average molecular weight is 267 g/mol. The van der Waals surface area contributed by atoms with E-state index in [2.05, 4.69) is 6.92 Å². The molecule has 0 radical (unpaired) electrons. The highest BCUT2D eigenvalue weighted by atomic mass is 19.4. The Morgan fingerprint density at radius 2 is 1.83 bits per heavy atom. The van der Waals surface area contributed by atoms with Crippen molar-refractivity contribution in [3.05, 3.63) is 0 Å². The summed E-state index contributed by atoms with van der Waals surface area (Å²) >= 11 is 0. The van der Waals surface area contributed by atoms with Gasteiger partial charge in [0.25, 0.3) is 0 Å². The predicted molar refractivity (Wildman–Crippen MR) is 66.2 cm³/mol. The Bertz CT molecular complexity index is 223. The van der Waals surface area contributed by atoms with Crippen molar-refractivity contribution in [2.45, 2.75) is 64.5 Å². The zero-order chi connectivity index (χ0) is 14.0. The van der Waals surface area contributed by atoms with E-state index in [1.807, 2.05) is 0 Å². The minimum atomic E-state index is -4.15. The molecule has 0 aromatic carbocycles. The Kier molecular flexibility index (Phi) is 9.06. The van der Waals surface area contributed by atoms with Gasteiger partial charge in [0.2, 0.25) is 0 Å². The zero-order valence-corrected chi connectivity index (χ0v) is 11.1. The van der Waals surface area contributed by atoms with E-state index in [1.165, 1.54) is 0 Å². The van der Waals surface area contributed by atoms with E-state index in [0.29, 0.717) is 18.9 Å². The fourth-order valence-electron chi connectivity index (χ4n) is 2.05. The van der Waals surface area contributed by atoms with E-state index >= 15 is 0 Å². The van der Waals surface area contributed by atoms with E-state index in [0.717, 1.165) is 25.7 Å². The summed E-state index contributed by atoms with van der Waals surface area (Å²) in [6.07, 6.45) is -0.925. The molecule has 0 fully saturated rings. The largest absolute Gasteiger partial charge is 0.389 e. The molecule has 2 nitrogen and oxygen atoms in total. The van der Waals surface area contributed by atoms with Crippen molar-refractivity contribution in [1.82, 2.24) is 0 Å². The Morgan fingerprint density at radius 3 is 2.33 bits per heavy atom. The predicted octanol–water partition coefficient (Wildman–Crippen LogP) is 3.83. The summed E-state index contributed by atoms with van der Waals surface area (Å²) in [7, 11) is 0. The van der Waals surface area contributed by atoms with Crippen LogP contribution in [-0.4, -0.2) is 18.5 Å². The number of Topliss-reactive ketones (excluding diaryl/α,β-unsaturated/α-hetero) is 1. The van der Waals surface area contributed by atoms with Crippen molar-refractivity contribution < 1.29 is 18.0 Å². The molecule has 0 bridgehead atoms. The van der Waals surface area contributed by atoms with Crippen LogP contribution in [0.2, 0.25) is 0 Å². The molecule has 0 aliphatic rings. The number of carbonyl (C=O) groups excluding carboxylic acids is 1. The lowest BCUT2D eigenvalue weighted by Gasteiger charge is -2.14. The maximum atomic E-state index is 11.9. The van der Waals surface area contributed by atoms with Gasteiger partial charge in [0.1, 0.15) is 5.78 Å². The van der Waals surface area contributed by atoms with Crippen LogP contribution in [0.25, 0.3) is 0 Å². The van der Waals surface area contributed by atoms with Gasteiger partial charge in [-0.25, -0.2) is 0 Å². The maximum Gasteiger partial charge on any atom is 0.389 e. The highest BCUT2D eigenvalue weighted by Gasteiger charge is 2.26. The molecule has 0 aromatic rings. The third-order valence-electron chi connectivity index (χ3n) is 3.02. The van der Waals surface area contributed by atoms with E-state index in [-0.39, 0.29) is 18.6 Å². The quantitative estimate of drug-likeness (QED) is 0.653. The Morgan fingerprint density at radius 1 is 1.17 bits per heavy atom. The van der Waals surface area contributed by atoms with Crippen molar-refractivity contribution in [3.63, 3.8) is 0 Å². The Labute approximate surface area is 107 Å². The monoisotopic (exact) mass is 267 g/mol. The van der Waals surface area contributed by atoms with Gasteiger partial charge in [-0.2, -0.15) is 13.2 Å². The minimum Gasteiger partial charge on any atom is -0.330 e. The lowest BCUT2D eigenvalue weighted by Crippen LogP contribution is -2.12. The van der Waals surface area contributed by atoms with Crippen molar-refractivity contribution in [3.8, 4) is 0 Å². The summed E-state index contributed by atoms with van der Waals surface area (Å²) in [6, 6.07) is 0. The number of carbonyl (C=O) groups is 1. The molecule has 0 rings (SSSR count). The molecule has 18 heavy (non-hydrogen) atoms. The first kappa shape index (κ1) is 17.4. The first-order valence-electron chi connectivity index (χ1n) is 6.67. The molecular formula is C13H24F3NO. The summed E-state index contributed by atoms with van der Waals surface area (Å²) in [5.41, 5.74) is 5.48. The van der Waals surface area contributed by atoms with Crippen LogP contribution in [0, 0.1) is 5.92 Å². The van der Waals surface area contributed by atoms with E-state index < -0.39 is 12.6 Å². The first-order valence-corrected chi connectivity index (χ1v) is 6.67. The molecule has 0 heterocycles. The second kappa shape index (κ2) is 9.36. The minimum absolute atomic E-state index is 0.0426. The van der Waals surface area contributed by atoms with Crippen LogP contribution in [0.15, 0.2) is 0 Å². The maximum absolute atomic E-state index is 11.9. The van der Waals surface area contributed by atoms with Crippen LogP contribution in [0.1, 0.15) is 58.3 Å². The van der Waals surface area contributed by atoms with Gasteiger partial charge in [0, 0.05) is 19.3 Å². The van der Waals surface area contributed by atoms with Crippen LogP contribution in [0.4, 0.5) is 13.2 Å². The van der Waals surface area contributed by atoms with Gasteiger partial charge in [0.15, 0.2) is 0 Å². The topological polar surface area (TPSA) is 43.1 Å². The number of rotatable bonds is 10. The third kappa shape index (κ3) is 10.6. The molecule has 0 saturated carbocycles. The molecule has 1 atom stereocenters.